The van der Waals surface area contributed by atoms with Gasteiger partial charge in [-0.3, -0.25) is 4.90 Å². The molecule has 1 unspecified atom stereocenters. The Morgan fingerprint density at radius 1 is 1.25 bits per heavy atom. The predicted octanol–water partition coefficient (Wildman–Crippen LogP) is -0.559. The molecule has 1 N–H and O–H groups in total. The van der Waals surface area contributed by atoms with Crippen molar-refractivity contribution < 1.29 is 9.47 Å². The van der Waals surface area contributed by atoms with E-state index in [4.69, 9.17) is 9.47 Å². The molecule has 0 aromatic rings. The largest absolute Gasteiger partial charge is 0.355 e. The van der Waals surface area contributed by atoms with Crippen LogP contribution in [0.4, 0.5) is 0 Å². The summed E-state index contributed by atoms with van der Waals surface area (Å²) in [6.07, 6.45) is -0.147. The minimum atomic E-state index is -0.147. The molecule has 0 aliphatic carbocycles. The lowest BCUT2D eigenvalue weighted by Crippen LogP contribution is -2.54. The second-order valence-corrected chi connectivity index (χ2v) is 4.46. The minimum Gasteiger partial charge on any atom is -0.355 e. The van der Waals surface area contributed by atoms with E-state index in [2.05, 4.69) is 29.2 Å². The Bertz CT molecular complexity index is 188. The van der Waals surface area contributed by atoms with Gasteiger partial charge < -0.3 is 19.7 Å². The van der Waals surface area contributed by atoms with Gasteiger partial charge in [-0.1, -0.05) is 0 Å². The third-order valence-electron chi connectivity index (χ3n) is 3.20. The first-order valence-electron chi connectivity index (χ1n) is 5.82. The highest BCUT2D eigenvalue weighted by Crippen LogP contribution is 2.04. The first-order chi connectivity index (χ1) is 7.67. The fourth-order valence-electron chi connectivity index (χ4n) is 1.95. The Labute approximate surface area is 98.7 Å². The van der Waals surface area contributed by atoms with Crippen molar-refractivity contribution in [2.24, 2.45) is 0 Å². The van der Waals surface area contributed by atoms with Gasteiger partial charge in [-0.25, -0.2) is 0 Å². The van der Waals surface area contributed by atoms with E-state index in [1.54, 1.807) is 14.2 Å². The van der Waals surface area contributed by atoms with E-state index in [0.29, 0.717) is 6.04 Å². The molecule has 1 atom stereocenters. The maximum atomic E-state index is 5.13. The number of methoxy groups -OCH3 is 2. The van der Waals surface area contributed by atoms with Gasteiger partial charge in [0, 0.05) is 53.0 Å². The zero-order valence-corrected chi connectivity index (χ0v) is 10.9. The maximum Gasteiger partial charge on any atom is 0.169 e. The molecule has 0 spiro atoms. The Balaban J connectivity index is 2.20. The van der Waals surface area contributed by atoms with Crippen LogP contribution in [0, 0.1) is 0 Å². The summed E-state index contributed by atoms with van der Waals surface area (Å²) in [5.74, 6) is 0. The molecular formula is C11H25N3O2. The number of piperazine rings is 1. The summed E-state index contributed by atoms with van der Waals surface area (Å²) in [5, 5.41) is 3.39. The first kappa shape index (κ1) is 13.9. The highest BCUT2D eigenvalue weighted by Gasteiger charge is 2.21. The van der Waals surface area contributed by atoms with Crippen LogP contribution in [-0.2, 0) is 9.47 Å². The number of nitrogens with one attached hydrogen (secondary N) is 1. The minimum absolute atomic E-state index is 0.147. The molecule has 0 saturated carbocycles. The van der Waals surface area contributed by atoms with Gasteiger partial charge in [-0.15, -0.1) is 0 Å². The van der Waals surface area contributed by atoms with Gasteiger partial charge in [-0.05, 0) is 14.1 Å². The second kappa shape index (κ2) is 7.19. The lowest BCUT2D eigenvalue weighted by Gasteiger charge is -2.38. The van der Waals surface area contributed by atoms with Gasteiger partial charge in [0.15, 0.2) is 6.29 Å². The summed E-state index contributed by atoms with van der Waals surface area (Å²) < 4.78 is 10.3. The standard InChI is InChI=1S/C11H25N3O2/c1-13-5-6-14(2)10(9-13)7-12-8-11(15-3)16-4/h10-12H,5-9H2,1-4H3. The van der Waals surface area contributed by atoms with Crippen molar-refractivity contribution in [2.75, 3.05) is 61.0 Å². The molecule has 0 radical (unpaired) electrons. The summed E-state index contributed by atoms with van der Waals surface area (Å²) in [6.45, 7) is 5.13. The molecular weight excluding hydrogens is 206 g/mol. The van der Waals surface area contributed by atoms with Crippen LogP contribution in [0.5, 0.6) is 0 Å². The topological polar surface area (TPSA) is 37.0 Å². The highest BCUT2D eigenvalue weighted by molar-refractivity contribution is 4.80. The summed E-state index contributed by atoms with van der Waals surface area (Å²) in [5.41, 5.74) is 0. The van der Waals surface area contributed by atoms with Crippen LogP contribution in [0.1, 0.15) is 0 Å². The van der Waals surface area contributed by atoms with E-state index in [0.717, 1.165) is 32.7 Å². The van der Waals surface area contributed by atoms with E-state index in [9.17, 15) is 0 Å². The van der Waals surface area contributed by atoms with E-state index in [1.165, 1.54) is 0 Å². The highest BCUT2D eigenvalue weighted by atomic mass is 16.7. The molecule has 96 valence electrons. The van der Waals surface area contributed by atoms with E-state index < -0.39 is 0 Å². The van der Waals surface area contributed by atoms with Crippen LogP contribution >= 0.6 is 0 Å². The molecule has 0 bridgehead atoms. The lowest BCUT2D eigenvalue weighted by molar-refractivity contribution is -0.0992. The van der Waals surface area contributed by atoms with Gasteiger partial charge in [0.25, 0.3) is 0 Å². The molecule has 1 aliphatic heterocycles. The van der Waals surface area contributed by atoms with Crippen molar-refractivity contribution in [3.05, 3.63) is 0 Å². The number of rotatable bonds is 6. The van der Waals surface area contributed by atoms with Crippen molar-refractivity contribution in [1.29, 1.82) is 0 Å². The maximum absolute atomic E-state index is 5.13. The average molecular weight is 231 g/mol. The summed E-state index contributed by atoms with van der Waals surface area (Å²) >= 11 is 0. The molecule has 5 heteroatoms. The number of ether oxygens (including phenoxy) is 2. The molecule has 0 amide bonds. The van der Waals surface area contributed by atoms with Crippen LogP contribution in [-0.4, -0.2) is 83.2 Å². The zero-order valence-electron chi connectivity index (χ0n) is 10.9. The third kappa shape index (κ3) is 4.35. The smallest absolute Gasteiger partial charge is 0.169 e. The molecule has 1 rings (SSSR count). The van der Waals surface area contributed by atoms with Crippen LogP contribution in [0.3, 0.4) is 0 Å². The monoisotopic (exact) mass is 231 g/mol. The molecule has 0 aromatic carbocycles. The van der Waals surface area contributed by atoms with Gasteiger partial charge >= 0.3 is 0 Å². The molecule has 1 aliphatic rings. The van der Waals surface area contributed by atoms with Gasteiger partial charge in [0.1, 0.15) is 0 Å². The molecule has 0 aromatic heterocycles. The van der Waals surface area contributed by atoms with Crippen LogP contribution in [0.2, 0.25) is 0 Å². The predicted molar refractivity (Wildman–Crippen MR) is 64.6 cm³/mol. The fraction of sp³-hybridized carbons (Fsp3) is 1.00. The molecule has 16 heavy (non-hydrogen) atoms. The van der Waals surface area contributed by atoms with Crippen molar-refractivity contribution in [3.8, 4) is 0 Å². The molecule has 1 saturated heterocycles. The second-order valence-electron chi connectivity index (χ2n) is 4.46. The van der Waals surface area contributed by atoms with Crippen LogP contribution < -0.4 is 5.32 Å². The molecule has 1 fully saturated rings. The SMILES string of the molecule is COC(CNCC1CN(C)CCN1C)OC. The zero-order chi connectivity index (χ0) is 12.0. The van der Waals surface area contributed by atoms with Crippen molar-refractivity contribution in [2.45, 2.75) is 12.3 Å². The lowest BCUT2D eigenvalue weighted by atomic mass is 10.2. The summed E-state index contributed by atoms with van der Waals surface area (Å²) in [7, 11) is 7.68. The quantitative estimate of drug-likeness (QED) is 0.620. The van der Waals surface area contributed by atoms with E-state index in [1.807, 2.05) is 0 Å². The van der Waals surface area contributed by atoms with Crippen LogP contribution in [0.15, 0.2) is 0 Å². The average Bonchev–Trinajstić information content (AvgIpc) is 2.29. The molecule has 5 nitrogen and oxygen atoms in total. The number of hydrogen-bond acceptors (Lipinski definition) is 5. The Morgan fingerprint density at radius 2 is 1.94 bits per heavy atom. The third-order valence-corrected chi connectivity index (χ3v) is 3.20. The van der Waals surface area contributed by atoms with Gasteiger partial charge in [0.05, 0.1) is 0 Å². The van der Waals surface area contributed by atoms with Crippen LogP contribution in [0.25, 0.3) is 0 Å². The first-order valence-corrected chi connectivity index (χ1v) is 5.82. The number of hydrogen-bond donors (Lipinski definition) is 1. The Hall–Kier alpha value is -0.200. The van der Waals surface area contributed by atoms with Gasteiger partial charge in [-0.2, -0.15) is 0 Å². The fourth-order valence-corrected chi connectivity index (χ4v) is 1.95. The number of likely N-dealkylation sites (N-methyl/N-ethyl adjacent to an activating group) is 2. The summed E-state index contributed by atoms with van der Waals surface area (Å²) in [6, 6.07) is 0.577. The van der Waals surface area contributed by atoms with Gasteiger partial charge in [0.2, 0.25) is 0 Å². The van der Waals surface area contributed by atoms with Crippen molar-refractivity contribution >= 4 is 0 Å². The Kier molecular flexibility index (Phi) is 6.23. The Morgan fingerprint density at radius 3 is 2.56 bits per heavy atom. The number of nitrogens with zero attached hydrogens (tertiary/aromatic N) is 2. The van der Waals surface area contributed by atoms with Crippen molar-refractivity contribution in [3.63, 3.8) is 0 Å². The summed E-state index contributed by atoms with van der Waals surface area (Å²) in [4.78, 5) is 4.78. The normalized spacial score (nSPS) is 24.2. The molecule has 1 heterocycles. The van der Waals surface area contributed by atoms with E-state index >= 15 is 0 Å². The van der Waals surface area contributed by atoms with Crippen molar-refractivity contribution in [1.82, 2.24) is 15.1 Å². The van der Waals surface area contributed by atoms with E-state index in [-0.39, 0.29) is 6.29 Å².